The third-order valence-corrected chi connectivity index (χ3v) is 7.65. The van der Waals surface area contributed by atoms with E-state index in [1.54, 1.807) is 23.1 Å². The molecule has 41 heavy (non-hydrogen) atoms. The van der Waals surface area contributed by atoms with Gasteiger partial charge in [-0.3, -0.25) is 9.59 Å². The largest absolute Gasteiger partial charge is 0.573 e. The lowest BCUT2D eigenvalue weighted by molar-refractivity contribution is -0.274. The van der Waals surface area contributed by atoms with E-state index in [0.29, 0.717) is 30.4 Å². The van der Waals surface area contributed by atoms with Gasteiger partial charge in [-0.25, -0.2) is 0 Å². The number of nitrogens with zero attached hydrogens (tertiary/aromatic N) is 2. The molecule has 0 bridgehead atoms. The molecule has 2 amide bonds. The Labute approximate surface area is 233 Å². The molecule has 2 N–H and O–H groups in total. The number of carbonyl (C=O) groups is 2. The molecule has 3 aromatic rings. The van der Waals surface area contributed by atoms with E-state index >= 15 is 0 Å². The van der Waals surface area contributed by atoms with Crippen molar-refractivity contribution in [3.05, 3.63) is 84.4 Å². The molecular weight excluding hydrogens is 567 g/mol. The van der Waals surface area contributed by atoms with Gasteiger partial charge in [-0.15, -0.1) is 13.2 Å². The maximum absolute atomic E-state index is 13.5. The van der Waals surface area contributed by atoms with Crippen molar-refractivity contribution < 1.29 is 45.9 Å². The van der Waals surface area contributed by atoms with Gasteiger partial charge in [-0.2, -0.15) is 8.42 Å². The Hall–Kier alpha value is -4.30. The maximum Gasteiger partial charge on any atom is 0.573 e. The van der Waals surface area contributed by atoms with Gasteiger partial charge in [0.05, 0.1) is 23.2 Å². The van der Waals surface area contributed by atoms with Crippen LogP contribution in [-0.2, 0) is 14.8 Å². The molecule has 218 valence electrons. The Morgan fingerprint density at radius 1 is 0.927 bits per heavy atom. The summed E-state index contributed by atoms with van der Waals surface area (Å²) in [6.07, 6.45) is -4.39. The molecule has 1 aliphatic heterocycles. The predicted octanol–water partition coefficient (Wildman–Crippen LogP) is 3.49. The number of aliphatic hydroxyl groups is 1. The summed E-state index contributed by atoms with van der Waals surface area (Å²) in [5, 5.41) is 12.1. The second-order valence-electron chi connectivity index (χ2n) is 9.00. The Balaban J connectivity index is 1.47. The number of nitrogens with one attached hydrogen (secondary N) is 1. The van der Waals surface area contributed by atoms with E-state index in [0.717, 1.165) is 24.3 Å². The summed E-state index contributed by atoms with van der Waals surface area (Å²) >= 11 is 0. The predicted molar refractivity (Wildman–Crippen MR) is 140 cm³/mol. The van der Waals surface area contributed by atoms with Crippen molar-refractivity contribution in [3.63, 3.8) is 0 Å². The number of alkyl halides is 3. The lowest BCUT2D eigenvalue weighted by Gasteiger charge is -2.29. The number of likely N-dealkylation sites (tertiary alicyclic amines) is 1. The number of rotatable bonds is 9. The van der Waals surface area contributed by atoms with Crippen LogP contribution in [0.25, 0.3) is 0 Å². The van der Waals surface area contributed by atoms with Crippen molar-refractivity contribution in [2.75, 3.05) is 24.1 Å². The van der Waals surface area contributed by atoms with E-state index in [9.17, 15) is 36.3 Å². The molecule has 0 radical (unpaired) electrons. The maximum atomic E-state index is 13.5. The average molecular weight is 594 g/mol. The van der Waals surface area contributed by atoms with Gasteiger partial charge in [0.2, 0.25) is 5.91 Å². The van der Waals surface area contributed by atoms with Gasteiger partial charge in [0, 0.05) is 18.7 Å². The summed E-state index contributed by atoms with van der Waals surface area (Å²) in [5.74, 6) is -1.48. The van der Waals surface area contributed by atoms with E-state index in [2.05, 4.69) is 10.1 Å². The SMILES string of the molecule is O=C(NCC(=O)N1CCC(O)CC1)c1ccc(S(=O)(=O)N(Oc2ccc(OC(F)(F)F)cc2)c2ccccc2)cc1. The molecule has 4 rings (SSSR count). The summed E-state index contributed by atoms with van der Waals surface area (Å²) in [6, 6.07) is 16.8. The third kappa shape index (κ3) is 7.89. The van der Waals surface area contributed by atoms with Gasteiger partial charge in [-0.1, -0.05) is 22.7 Å². The van der Waals surface area contributed by atoms with Crippen LogP contribution in [0.1, 0.15) is 23.2 Å². The zero-order valence-corrected chi connectivity index (χ0v) is 22.3. The van der Waals surface area contributed by atoms with Gasteiger partial charge in [0.1, 0.15) is 5.75 Å². The van der Waals surface area contributed by atoms with Crippen LogP contribution in [0, 0.1) is 0 Å². The van der Waals surface area contributed by atoms with Crippen molar-refractivity contribution in [1.82, 2.24) is 10.2 Å². The molecule has 3 aromatic carbocycles. The topological polar surface area (TPSA) is 125 Å². The summed E-state index contributed by atoms with van der Waals surface area (Å²) in [4.78, 5) is 31.8. The average Bonchev–Trinajstić information content (AvgIpc) is 2.95. The fourth-order valence-corrected chi connectivity index (χ4v) is 5.20. The number of halogens is 3. The highest BCUT2D eigenvalue weighted by molar-refractivity contribution is 7.92. The number of piperidine rings is 1. The van der Waals surface area contributed by atoms with Crippen LogP contribution in [0.3, 0.4) is 0 Å². The number of para-hydroxylation sites is 1. The number of aliphatic hydroxyl groups excluding tert-OH is 1. The zero-order chi connectivity index (χ0) is 29.6. The number of ether oxygens (including phenoxy) is 1. The number of benzene rings is 3. The molecule has 14 heteroatoms. The Morgan fingerprint density at radius 3 is 2.10 bits per heavy atom. The molecular formula is C27H26F3N3O7S. The molecule has 0 aliphatic carbocycles. The summed E-state index contributed by atoms with van der Waals surface area (Å²) in [6.45, 7) is 0.541. The Morgan fingerprint density at radius 2 is 1.51 bits per heavy atom. The minimum Gasteiger partial charge on any atom is -0.406 e. The fourth-order valence-electron chi connectivity index (χ4n) is 3.95. The first kappa shape index (κ1) is 29.7. The monoisotopic (exact) mass is 593 g/mol. The molecule has 0 spiro atoms. The van der Waals surface area contributed by atoms with Gasteiger partial charge in [-0.05, 0) is 73.5 Å². The van der Waals surface area contributed by atoms with Gasteiger partial charge < -0.3 is 24.9 Å². The number of sulfonamides is 1. The zero-order valence-electron chi connectivity index (χ0n) is 21.5. The van der Waals surface area contributed by atoms with Gasteiger partial charge in [0.15, 0.2) is 5.75 Å². The van der Waals surface area contributed by atoms with Crippen LogP contribution >= 0.6 is 0 Å². The molecule has 1 aliphatic rings. The van der Waals surface area contributed by atoms with Crippen molar-refractivity contribution in [2.24, 2.45) is 0 Å². The molecule has 0 atom stereocenters. The Bertz CT molecular complexity index is 1440. The number of hydrogen-bond donors (Lipinski definition) is 2. The quantitative estimate of drug-likeness (QED) is 0.364. The van der Waals surface area contributed by atoms with E-state index in [4.69, 9.17) is 4.84 Å². The van der Waals surface area contributed by atoms with Crippen LogP contribution < -0.4 is 19.4 Å². The number of hydrogen-bond acceptors (Lipinski definition) is 7. The van der Waals surface area contributed by atoms with Crippen molar-refractivity contribution in [3.8, 4) is 11.5 Å². The molecule has 1 saturated heterocycles. The van der Waals surface area contributed by atoms with Gasteiger partial charge >= 0.3 is 6.36 Å². The van der Waals surface area contributed by atoms with Crippen LogP contribution in [0.15, 0.2) is 83.8 Å². The minimum absolute atomic E-state index is 0.0872. The van der Waals surface area contributed by atoms with Gasteiger partial charge in [0.25, 0.3) is 15.9 Å². The first-order valence-electron chi connectivity index (χ1n) is 12.4. The fraction of sp³-hybridized carbons (Fsp3) is 0.259. The molecule has 1 heterocycles. The number of carbonyl (C=O) groups excluding carboxylic acids is 2. The van der Waals surface area contributed by atoms with Crippen LogP contribution in [0.4, 0.5) is 18.9 Å². The van der Waals surface area contributed by atoms with Crippen LogP contribution in [-0.4, -0.2) is 62.3 Å². The highest BCUT2D eigenvalue weighted by Gasteiger charge is 2.31. The van der Waals surface area contributed by atoms with Crippen LogP contribution in [0.5, 0.6) is 11.5 Å². The summed E-state index contributed by atoms with van der Waals surface area (Å²) in [7, 11) is -4.39. The molecule has 1 fully saturated rings. The van der Waals surface area contributed by atoms with E-state index in [1.807, 2.05) is 0 Å². The number of anilines is 1. The standard InChI is InChI=1S/C27H26F3N3O7S/c28-27(29,30)39-22-8-10-23(11-9-22)40-33(20-4-2-1-3-5-20)41(37,38)24-12-6-19(7-13-24)26(36)31-18-25(35)32-16-14-21(34)15-17-32/h1-13,21,34H,14-18H2,(H,31,36). The van der Waals surface area contributed by atoms with Crippen LogP contribution in [0.2, 0.25) is 0 Å². The second-order valence-corrected chi connectivity index (χ2v) is 10.8. The molecule has 0 unspecified atom stereocenters. The van der Waals surface area contributed by atoms with E-state index in [1.165, 1.54) is 36.4 Å². The highest BCUT2D eigenvalue weighted by atomic mass is 32.2. The smallest absolute Gasteiger partial charge is 0.406 e. The number of amides is 2. The van der Waals surface area contributed by atoms with Crippen molar-refractivity contribution in [2.45, 2.75) is 30.2 Å². The first-order valence-corrected chi connectivity index (χ1v) is 13.8. The first-order chi connectivity index (χ1) is 19.4. The lowest BCUT2D eigenvalue weighted by Crippen LogP contribution is -2.45. The molecule has 0 aromatic heterocycles. The van der Waals surface area contributed by atoms with E-state index in [-0.39, 0.29) is 34.3 Å². The van der Waals surface area contributed by atoms with Crippen molar-refractivity contribution in [1.29, 1.82) is 0 Å². The Kier molecular flexibility index (Phi) is 9.03. The minimum atomic E-state index is -4.89. The molecule has 10 nitrogen and oxygen atoms in total. The van der Waals surface area contributed by atoms with Crippen molar-refractivity contribution >= 4 is 27.5 Å². The summed E-state index contributed by atoms with van der Waals surface area (Å²) < 4.78 is 68.9. The second kappa shape index (κ2) is 12.5. The van der Waals surface area contributed by atoms with E-state index < -0.39 is 34.1 Å². The highest BCUT2D eigenvalue weighted by Crippen LogP contribution is 2.29. The molecule has 0 saturated carbocycles. The summed E-state index contributed by atoms with van der Waals surface area (Å²) in [5.41, 5.74) is 0.215. The lowest BCUT2D eigenvalue weighted by atomic mass is 10.1. The normalized spacial score (nSPS) is 14.3. The third-order valence-electron chi connectivity index (χ3n) is 6.06.